The molecule has 1 heterocycles. The van der Waals surface area contributed by atoms with Crippen LogP contribution in [0.25, 0.3) is 0 Å². The fourth-order valence-electron chi connectivity index (χ4n) is 2.59. The van der Waals surface area contributed by atoms with E-state index < -0.39 is 0 Å². The Morgan fingerprint density at radius 3 is 2.53 bits per heavy atom. The monoisotopic (exact) mass is 255 g/mol. The van der Waals surface area contributed by atoms with Crippen LogP contribution in [-0.4, -0.2) is 16.1 Å². The molecule has 0 amide bonds. The van der Waals surface area contributed by atoms with Crippen molar-refractivity contribution in [2.45, 2.75) is 32.4 Å². The van der Waals surface area contributed by atoms with E-state index in [1.165, 1.54) is 5.56 Å². The predicted octanol–water partition coefficient (Wildman–Crippen LogP) is 2.10. The van der Waals surface area contributed by atoms with Gasteiger partial charge >= 0.3 is 6.01 Å². The number of fused-ring (bicyclic) bond motifs is 1. The first-order chi connectivity index (χ1) is 9.13. The number of aromatic nitrogens is 2. The maximum Gasteiger partial charge on any atom is 0.317 e. The Balaban J connectivity index is 1.82. The second-order valence-electron chi connectivity index (χ2n) is 5.02. The van der Waals surface area contributed by atoms with E-state index in [9.17, 15) is 0 Å². The minimum absolute atomic E-state index is 0.0846. The van der Waals surface area contributed by atoms with Crippen LogP contribution >= 0.6 is 0 Å². The Morgan fingerprint density at radius 1 is 1.16 bits per heavy atom. The summed E-state index contributed by atoms with van der Waals surface area (Å²) in [4.78, 5) is 8.61. The average Bonchev–Trinajstić information content (AvgIpc) is 2.66. The minimum Gasteiger partial charge on any atom is -0.458 e. The molecular formula is C15H17N3O. The van der Waals surface area contributed by atoms with E-state index in [1.807, 2.05) is 32.0 Å². The van der Waals surface area contributed by atoms with Crippen molar-refractivity contribution in [1.29, 1.82) is 0 Å². The van der Waals surface area contributed by atoms with Gasteiger partial charge in [-0.2, -0.15) is 0 Å². The minimum atomic E-state index is -0.111. The molecule has 1 aliphatic carbocycles. The van der Waals surface area contributed by atoms with E-state index >= 15 is 0 Å². The molecule has 0 radical (unpaired) electrons. The Bertz CT molecular complexity index is 592. The van der Waals surface area contributed by atoms with Gasteiger partial charge in [-0.05, 0) is 31.0 Å². The third-order valence-corrected chi connectivity index (χ3v) is 3.45. The van der Waals surface area contributed by atoms with Gasteiger partial charge in [-0.1, -0.05) is 24.3 Å². The zero-order valence-corrected chi connectivity index (χ0v) is 11.1. The molecule has 4 heteroatoms. The second kappa shape index (κ2) is 4.63. The first kappa shape index (κ1) is 12.1. The molecule has 4 nitrogen and oxygen atoms in total. The molecule has 19 heavy (non-hydrogen) atoms. The first-order valence-corrected chi connectivity index (χ1v) is 6.46. The topological polar surface area (TPSA) is 61.0 Å². The predicted molar refractivity (Wildman–Crippen MR) is 73.0 cm³/mol. The van der Waals surface area contributed by atoms with Crippen molar-refractivity contribution in [3.05, 3.63) is 52.8 Å². The Kier molecular flexibility index (Phi) is 2.95. The number of hydrogen-bond acceptors (Lipinski definition) is 4. The summed E-state index contributed by atoms with van der Waals surface area (Å²) in [6.07, 6.45) is 0.729. The SMILES string of the molecule is Cc1cc(C)nc(OC2Cc3ccccc3C2N)n1. The molecule has 0 fully saturated rings. The van der Waals surface area contributed by atoms with Crippen molar-refractivity contribution in [2.75, 3.05) is 0 Å². The van der Waals surface area contributed by atoms with Gasteiger partial charge in [0.15, 0.2) is 0 Å². The lowest BCUT2D eigenvalue weighted by molar-refractivity contribution is 0.168. The van der Waals surface area contributed by atoms with Crippen LogP contribution in [0.2, 0.25) is 0 Å². The van der Waals surface area contributed by atoms with Gasteiger partial charge in [-0.25, -0.2) is 9.97 Å². The zero-order chi connectivity index (χ0) is 13.4. The summed E-state index contributed by atoms with van der Waals surface area (Å²) < 4.78 is 5.88. The normalized spacial score (nSPS) is 21.2. The fourth-order valence-corrected chi connectivity index (χ4v) is 2.59. The number of rotatable bonds is 2. The summed E-state index contributed by atoms with van der Waals surface area (Å²) in [5.74, 6) is 0. The van der Waals surface area contributed by atoms with Crippen molar-refractivity contribution in [3.63, 3.8) is 0 Å². The van der Waals surface area contributed by atoms with Crippen LogP contribution in [0.5, 0.6) is 6.01 Å². The average molecular weight is 255 g/mol. The molecule has 3 rings (SSSR count). The van der Waals surface area contributed by atoms with Crippen molar-refractivity contribution >= 4 is 0 Å². The van der Waals surface area contributed by atoms with Gasteiger partial charge in [0.25, 0.3) is 0 Å². The summed E-state index contributed by atoms with van der Waals surface area (Å²) >= 11 is 0. The Morgan fingerprint density at radius 2 is 1.84 bits per heavy atom. The van der Waals surface area contributed by atoms with Crippen LogP contribution in [-0.2, 0) is 6.42 Å². The molecule has 0 saturated carbocycles. The van der Waals surface area contributed by atoms with E-state index in [4.69, 9.17) is 10.5 Å². The lowest BCUT2D eigenvalue weighted by Crippen LogP contribution is -2.28. The van der Waals surface area contributed by atoms with Gasteiger partial charge in [0.1, 0.15) is 6.10 Å². The summed E-state index contributed by atoms with van der Waals surface area (Å²) in [7, 11) is 0. The highest BCUT2D eigenvalue weighted by Crippen LogP contribution is 2.31. The zero-order valence-electron chi connectivity index (χ0n) is 11.1. The lowest BCUT2D eigenvalue weighted by atomic mass is 10.1. The molecule has 1 aromatic carbocycles. The van der Waals surface area contributed by atoms with Crippen LogP contribution in [0.1, 0.15) is 28.6 Å². The van der Waals surface area contributed by atoms with Gasteiger partial charge in [0.2, 0.25) is 0 Å². The van der Waals surface area contributed by atoms with E-state index in [0.29, 0.717) is 6.01 Å². The molecule has 0 spiro atoms. The van der Waals surface area contributed by atoms with Crippen LogP contribution in [0.4, 0.5) is 0 Å². The van der Waals surface area contributed by atoms with Gasteiger partial charge in [-0.15, -0.1) is 0 Å². The molecule has 0 aliphatic heterocycles. The van der Waals surface area contributed by atoms with Gasteiger partial charge < -0.3 is 10.5 Å². The molecule has 2 unspecified atom stereocenters. The maximum absolute atomic E-state index is 6.23. The van der Waals surface area contributed by atoms with Crippen molar-refractivity contribution in [2.24, 2.45) is 5.73 Å². The van der Waals surface area contributed by atoms with E-state index in [2.05, 4.69) is 22.1 Å². The number of nitrogens with two attached hydrogens (primary N) is 1. The van der Waals surface area contributed by atoms with Crippen molar-refractivity contribution < 1.29 is 4.74 Å². The first-order valence-electron chi connectivity index (χ1n) is 6.46. The number of benzene rings is 1. The summed E-state index contributed by atoms with van der Waals surface area (Å²) in [5, 5.41) is 0. The van der Waals surface area contributed by atoms with Crippen LogP contribution in [0, 0.1) is 13.8 Å². The molecule has 2 atom stereocenters. The third-order valence-electron chi connectivity index (χ3n) is 3.45. The molecule has 2 N–H and O–H groups in total. The standard InChI is InChI=1S/C15H17N3O/c1-9-7-10(2)18-15(17-9)19-13-8-11-5-3-4-6-12(11)14(13)16/h3-7,13-14H,8,16H2,1-2H3. The summed E-state index contributed by atoms with van der Waals surface area (Å²) in [6, 6.07) is 10.4. The Hall–Kier alpha value is -1.94. The van der Waals surface area contributed by atoms with E-state index in [1.54, 1.807) is 0 Å². The van der Waals surface area contributed by atoms with E-state index in [0.717, 1.165) is 23.4 Å². The highest BCUT2D eigenvalue weighted by Gasteiger charge is 2.31. The van der Waals surface area contributed by atoms with Crippen LogP contribution < -0.4 is 10.5 Å². The van der Waals surface area contributed by atoms with Gasteiger partial charge in [0, 0.05) is 17.8 Å². The number of hydrogen-bond donors (Lipinski definition) is 1. The maximum atomic E-state index is 6.23. The molecule has 98 valence electrons. The molecule has 0 saturated heterocycles. The third kappa shape index (κ3) is 2.31. The highest BCUT2D eigenvalue weighted by atomic mass is 16.5. The van der Waals surface area contributed by atoms with Gasteiger partial charge in [-0.3, -0.25) is 0 Å². The molecule has 1 aromatic heterocycles. The van der Waals surface area contributed by atoms with Crippen molar-refractivity contribution in [3.8, 4) is 6.01 Å². The molecule has 2 aromatic rings. The van der Waals surface area contributed by atoms with Crippen LogP contribution in [0.15, 0.2) is 30.3 Å². The molecular weight excluding hydrogens is 238 g/mol. The Labute approximate surface area is 112 Å². The highest BCUT2D eigenvalue weighted by molar-refractivity contribution is 5.36. The summed E-state index contributed by atoms with van der Waals surface area (Å²) in [6.45, 7) is 3.87. The van der Waals surface area contributed by atoms with Crippen molar-refractivity contribution in [1.82, 2.24) is 9.97 Å². The smallest absolute Gasteiger partial charge is 0.317 e. The number of ether oxygens (including phenoxy) is 1. The summed E-state index contributed by atoms with van der Waals surface area (Å²) in [5.41, 5.74) is 10.5. The van der Waals surface area contributed by atoms with Gasteiger partial charge in [0.05, 0.1) is 6.04 Å². The molecule has 1 aliphatic rings. The number of nitrogens with zero attached hydrogens (tertiary/aromatic N) is 2. The fraction of sp³-hybridized carbons (Fsp3) is 0.333. The lowest BCUT2D eigenvalue weighted by Gasteiger charge is -2.17. The van der Waals surface area contributed by atoms with Crippen LogP contribution in [0.3, 0.4) is 0 Å². The largest absolute Gasteiger partial charge is 0.458 e. The second-order valence-corrected chi connectivity index (χ2v) is 5.02. The molecule has 0 bridgehead atoms. The number of aryl methyl sites for hydroxylation is 2. The van der Waals surface area contributed by atoms with E-state index in [-0.39, 0.29) is 12.1 Å². The quantitative estimate of drug-likeness (QED) is 0.892.